The second kappa shape index (κ2) is 8.72. The van der Waals surface area contributed by atoms with E-state index in [1.54, 1.807) is 13.0 Å². The molecule has 0 bridgehead atoms. The van der Waals surface area contributed by atoms with Crippen molar-refractivity contribution in [1.82, 2.24) is 4.98 Å². The van der Waals surface area contributed by atoms with E-state index in [4.69, 9.17) is 4.98 Å². The molecule has 0 spiro atoms. The van der Waals surface area contributed by atoms with Crippen molar-refractivity contribution in [3.63, 3.8) is 0 Å². The SMILES string of the molecule is CC(=O)/C=C(\C)CCCCCCc1ccc2c(n1)NCCC2. The van der Waals surface area contributed by atoms with Gasteiger partial charge >= 0.3 is 0 Å². The summed E-state index contributed by atoms with van der Waals surface area (Å²) in [7, 11) is 0. The van der Waals surface area contributed by atoms with E-state index in [0.29, 0.717) is 0 Å². The van der Waals surface area contributed by atoms with Gasteiger partial charge < -0.3 is 5.32 Å². The molecule has 2 rings (SSSR count). The van der Waals surface area contributed by atoms with Crippen LogP contribution in [0, 0.1) is 0 Å². The van der Waals surface area contributed by atoms with Crippen molar-refractivity contribution >= 4 is 11.6 Å². The number of nitrogens with one attached hydrogen (secondary N) is 1. The molecular weight excluding hydrogens is 272 g/mol. The van der Waals surface area contributed by atoms with Gasteiger partial charge in [-0.3, -0.25) is 4.79 Å². The van der Waals surface area contributed by atoms with Crippen LogP contribution < -0.4 is 5.32 Å². The van der Waals surface area contributed by atoms with E-state index in [0.717, 1.165) is 31.6 Å². The summed E-state index contributed by atoms with van der Waals surface area (Å²) in [4.78, 5) is 15.7. The number of hydrogen-bond donors (Lipinski definition) is 1. The van der Waals surface area contributed by atoms with Gasteiger partial charge in [0.1, 0.15) is 5.82 Å². The van der Waals surface area contributed by atoms with Gasteiger partial charge in [-0.05, 0) is 70.1 Å². The van der Waals surface area contributed by atoms with Crippen molar-refractivity contribution in [2.24, 2.45) is 0 Å². The largest absolute Gasteiger partial charge is 0.370 e. The highest BCUT2D eigenvalue weighted by atomic mass is 16.1. The normalized spacial score (nSPS) is 14.4. The number of nitrogens with zero attached hydrogens (tertiary/aromatic N) is 1. The number of allylic oxidation sites excluding steroid dienone is 2. The van der Waals surface area contributed by atoms with Crippen LogP contribution in [0.15, 0.2) is 23.8 Å². The van der Waals surface area contributed by atoms with E-state index >= 15 is 0 Å². The predicted octanol–water partition coefficient (Wildman–Crippen LogP) is 4.47. The molecule has 3 heteroatoms. The molecule has 1 N–H and O–H groups in total. The maximum atomic E-state index is 11.0. The number of aryl methyl sites for hydroxylation is 2. The van der Waals surface area contributed by atoms with Gasteiger partial charge in [0, 0.05) is 12.2 Å². The predicted molar refractivity (Wildman–Crippen MR) is 92.3 cm³/mol. The monoisotopic (exact) mass is 300 g/mol. The summed E-state index contributed by atoms with van der Waals surface area (Å²) in [6, 6.07) is 4.42. The lowest BCUT2D eigenvalue weighted by Gasteiger charge is -2.17. The molecule has 0 radical (unpaired) electrons. The highest BCUT2D eigenvalue weighted by molar-refractivity contribution is 5.87. The Morgan fingerprint density at radius 3 is 2.86 bits per heavy atom. The van der Waals surface area contributed by atoms with Crippen LogP contribution in [-0.4, -0.2) is 17.3 Å². The summed E-state index contributed by atoms with van der Waals surface area (Å²) in [5.41, 5.74) is 3.78. The number of hydrogen-bond acceptors (Lipinski definition) is 3. The number of ketones is 1. The molecule has 2 heterocycles. The van der Waals surface area contributed by atoms with Gasteiger partial charge in [-0.2, -0.15) is 0 Å². The molecule has 0 saturated heterocycles. The third-order valence-electron chi connectivity index (χ3n) is 4.16. The summed E-state index contributed by atoms with van der Waals surface area (Å²) in [5, 5.41) is 3.40. The molecule has 0 atom stereocenters. The van der Waals surface area contributed by atoms with Gasteiger partial charge in [-0.1, -0.05) is 24.5 Å². The zero-order valence-electron chi connectivity index (χ0n) is 14.0. The number of aromatic nitrogens is 1. The Hall–Kier alpha value is -1.64. The van der Waals surface area contributed by atoms with Crippen LogP contribution in [0.4, 0.5) is 5.82 Å². The smallest absolute Gasteiger partial charge is 0.152 e. The minimum Gasteiger partial charge on any atom is -0.370 e. The first-order chi connectivity index (χ1) is 10.6. The van der Waals surface area contributed by atoms with Crippen LogP contribution in [0.1, 0.15) is 63.6 Å². The average Bonchev–Trinajstić information content (AvgIpc) is 2.50. The van der Waals surface area contributed by atoms with Crippen LogP contribution in [0.2, 0.25) is 0 Å². The molecule has 0 saturated carbocycles. The number of carbonyl (C=O) groups is 1. The molecule has 1 aromatic rings. The molecule has 1 aliphatic rings. The van der Waals surface area contributed by atoms with E-state index in [1.165, 1.54) is 48.9 Å². The Morgan fingerprint density at radius 1 is 1.23 bits per heavy atom. The number of carbonyl (C=O) groups excluding carboxylic acids is 1. The minimum atomic E-state index is 0.157. The third kappa shape index (κ3) is 5.63. The van der Waals surface area contributed by atoms with E-state index < -0.39 is 0 Å². The fraction of sp³-hybridized carbons (Fsp3) is 0.579. The molecule has 0 fully saturated rings. The lowest BCUT2D eigenvalue weighted by Crippen LogP contribution is -2.13. The number of pyridine rings is 1. The van der Waals surface area contributed by atoms with Crippen molar-refractivity contribution in [3.8, 4) is 0 Å². The van der Waals surface area contributed by atoms with Crippen LogP contribution >= 0.6 is 0 Å². The average molecular weight is 300 g/mol. The first kappa shape index (κ1) is 16.7. The summed E-state index contributed by atoms with van der Waals surface area (Å²) >= 11 is 0. The molecule has 0 unspecified atom stereocenters. The molecule has 1 aliphatic heterocycles. The summed E-state index contributed by atoms with van der Waals surface area (Å²) in [5.74, 6) is 1.26. The molecule has 0 aromatic carbocycles. The molecule has 120 valence electrons. The lowest BCUT2D eigenvalue weighted by atomic mass is 10.0. The van der Waals surface area contributed by atoms with Crippen LogP contribution in [0.3, 0.4) is 0 Å². The van der Waals surface area contributed by atoms with Crippen LogP contribution in [-0.2, 0) is 17.6 Å². The van der Waals surface area contributed by atoms with E-state index in [1.807, 2.05) is 6.92 Å². The lowest BCUT2D eigenvalue weighted by molar-refractivity contribution is -0.112. The van der Waals surface area contributed by atoms with Gasteiger partial charge in [-0.15, -0.1) is 0 Å². The number of rotatable bonds is 8. The van der Waals surface area contributed by atoms with E-state index in [-0.39, 0.29) is 5.78 Å². The topological polar surface area (TPSA) is 42.0 Å². The Bertz CT molecular complexity index is 534. The summed E-state index contributed by atoms with van der Waals surface area (Å²) in [6.45, 7) is 4.71. The Kier molecular flexibility index (Phi) is 6.63. The van der Waals surface area contributed by atoms with Gasteiger partial charge in [-0.25, -0.2) is 4.98 Å². The highest BCUT2D eigenvalue weighted by Crippen LogP contribution is 2.20. The van der Waals surface area contributed by atoms with E-state index in [2.05, 4.69) is 17.4 Å². The van der Waals surface area contributed by atoms with Crippen LogP contribution in [0.25, 0.3) is 0 Å². The van der Waals surface area contributed by atoms with Gasteiger partial charge in [0.15, 0.2) is 5.78 Å². The zero-order valence-corrected chi connectivity index (χ0v) is 14.0. The summed E-state index contributed by atoms with van der Waals surface area (Å²) < 4.78 is 0. The Balaban J connectivity index is 1.64. The summed E-state index contributed by atoms with van der Waals surface area (Å²) in [6.07, 6.45) is 11.1. The Morgan fingerprint density at radius 2 is 2.05 bits per heavy atom. The van der Waals surface area contributed by atoms with Gasteiger partial charge in [0.05, 0.1) is 0 Å². The highest BCUT2D eigenvalue weighted by Gasteiger charge is 2.09. The van der Waals surface area contributed by atoms with Crippen molar-refractivity contribution < 1.29 is 4.79 Å². The number of anilines is 1. The molecule has 3 nitrogen and oxygen atoms in total. The zero-order chi connectivity index (χ0) is 15.8. The number of unbranched alkanes of at least 4 members (excludes halogenated alkanes) is 3. The second-order valence-corrected chi connectivity index (χ2v) is 6.36. The van der Waals surface area contributed by atoms with Crippen molar-refractivity contribution in [3.05, 3.63) is 35.0 Å². The molecule has 0 aliphatic carbocycles. The first-order valence-corrected chi connectivity index (χ1v) is 8.55. The second-order valence-electron chi connectivity index (χ2n) is 6.36. The van der Waals surface area contributed by atoms with Gasteiger partial charge in [0.2, 0.25) is 0 Å². The van der Waals surface area contributed by atoms with Crippen molar-refractivity contribution in [2.75, 3.05) is 11.9 Å². The molecule has 1 aromatic heterocycles. The van der Waals surface area contributed by atoms with Crippen LogP contribution in [0.5, 0.6) is 0 Å². The molecule has 0 amide bonds. The molecular formula is C19H28N2O. The number of fused-ring (bicyclic) bond motifs is 1. The maximum Gasteiger partial charge on any atom is 0.152 e. The van der Waals surface area contributed by atoms with Crippen molar-refractivity contribution in [2.45, 2.75) is 65.2 Å². The van der Waals surface area contributed by atoms with E-state index in [9.17, 15) is 4.79 Å². The third-order valence-corrected chi connectivity index (χ3v) is 4.16. The maximum absolute atomic E-state index is 11.0. The minimum absolute atomic E-state index is 0.157. The quantitative estimate of drug-likeness (QED) is 0.569. The fourth-order valence-electron chi connectivity index (χ4n) is 2.99. The standard InChI is InChI=1S/C19H28N2O/c1-15(14-16(2)22)8-5-3-4-6-10-18-12-11-17-9-7-13-20-19(17)21-18/h11-12,14H,3-10,13H2,1-2H3,(H,20,21)/b15-14+. The van der Waals surface area contributed by atoms with Crippen molar-refractivity contribution in [1.29, 1.82) is 0 Å². The Labute approximate surface area is 134 Å². The van der Waals surface area contributed by atoms with Gasteiger partial charge in [0.25, 0.3) is 0 Å². The first-order valence-electron chi connectivity index (χ1n) is 8.55. The fourth-order valence-corrected chi connectivity index (χ4v) is 2.99. The molecule has 22 heavy (non-hydrogen) atoms.